The average molecular weight is 255 g/mol. The molecule has 1 atom stereocenters. The van der Waals surface area contributed by atoms with Gasteiger partial charge in [0, 0.05) is 18.5 Å². The van der Waals surface area contributed by atoms with Crippen LogP contribution in [0.3, 0.4) is 0 Å². The zero-order valence-electron chi connectivity index (χ0n) is 12.5. The van der Waals surface area contributed by atoms with E-state index in [4.69, 9.17) is 10.9 Å². The quantitative estimate of drug-likeness (QED) is 0.313. The number of rotatable bonds is 4. The molecular weight excluding hydrogens is 226 g/mol. The number of nitrogens with zero attached hydrogens (tertiary/aromatic N) is 1. The zero-order valence-corrected chi connectivity index (χ0v) is 12.5. The molecule has 1 fully saturated rings. The molecule has 0 heterocycles. The Morgan fingerprint density at radius 3 is 2.28 bits per heavy atom. The molecular formula is C14H29N3O. The first-order valence-electron chi connectivity index (χ1n) is 6.86. The highest BCUT2D eigenvalue weighted by molar-refractivity contribution is 5.80. The molecule has 0 aromatic carbocycles. The molecule has 1 saturated carbocycles. The van der Waals surface area contributed by atoms with E-state index in [1.807, 2.05) is 0 Å². The molecule has 18 heavy (non-hydrogen) atoms. The molecule has 1 aliphatic carbocycles. The van der Waals surface area contributed by atoms with E-state index < -0.39 is 0 Å². The number of amidine groups is 1. The van der Waals surface area contributed by atoms with Crippen LogP contribution in [0.5, 0.6) is 0 Å². The highest BCUT2D eigenvalue weighted by Gasteiger charge is 2.38. The molecule has 0 radical (unpaired) electrons. The number of hydrogen-bond donors (Lipinski definition) is 3. The van der Waals surface area contributed by atoms with E-state index in [0.717, 1.165) is 0 Å². The van der Waals surface area contributed by atoms with Crippen LogP contribution in [-0.2, 0) is 0 Å². The Morgan fingerprint density at radius 2 is 1.83 bits per heavy atom. The van der Waals surface area contributed by atoms with Crippen molar-refractivity contribution >= 4 is 5.84 Å². The fourth-order valence-corrected chi connectivity index (χ4v) is 3.78. The summed E-state index contributed by atoms with van der Waals surface area (Å²) < 4.78 is 0. The topological polar surface area (TPSA) is 70.6 Å². The van der Waals surface area contributed by atoms with E-state index in [1.54, 1.807) is 0 Å². The molecule has 4 N–H and O–H groups in total. The van der Waals surface area contributed by atoms with Crippen molar-refractivity contribution < 1.29 is 5.21 Å². The fraction of sp³-hybridized carbons (Fsp3) is 0.929. The van der Waals surface area contributed by atoms with Crippen LogP contribution in [0, 0.1) is 10.8 Å². The first kappa shape index (κ1) is 15.3. The Hall–Kier alpha value is -0.770. The number of hydrogen-bond acceptors (Lipinski definition) is 3. The van der Waals surface area contributed by atoms with Gasteiger partial charge in [-0.15, -0.1) is 0 Å². The van der Waals surface area contributed by atoms with Gasteiger partial charge in [0.1, 0.15) is 5.84 Å². The lowest BCUT2D eigenvalue weighted by atomic mass is 9.63. The van der Waals surface area contributed by atoms with Gasteiger partial charge in [0.05, 0.1) is 0 Å². The maximum absolute atomic E-state index is 8.59. The van der Waals surface area contributed by atoms with Gasteiger partial charge in [-0.3, -0.25) is 0 Å². The molecule has 106 valence electrons. The lowest BCUT2D eigenvalue weighted by molar-refractivity contribution is 0.0814. The molecule has 0 spiro atoms. The van der Waals surface area contributed by atoms with Crippen LogP contribution in [0.4, 0.5) is 0 Å². The standard InChI is InChI=1S/C14H29N3O/c1-10(6-12(15)17-18)16-11-7-13(2,3)9-14(4,5)8-11/h10-11,16,18H,6-9H2,1-5H3,(H2,15,17). The third-order valence-electron chi connectivity index (χ3n) is 3.72. The second-order valence-corrected chi connectivity index (χ2v) is 7.47. The molecule has 4 heteroatoms. The van der Waals surface area contributed by atoms with Crippen LogP contribution in [0.1, 0.15) is 60.3 Å². The molecule has 4 nitrogen and oxygen atoms in total. The van der Waals surface area contributed by atoms with Gasteiger partial charge >= 0.3 is 0 Å². The summed E-state index contributed by atoms with van der Waals surface area (Å²) in [6, 6.07) is 0.765. The lowest BCUT2D eigenvalue weighted by Crippen LogP contribution is -2.47. The normalized spacial score (nSPS) is 25.9. The van der Waals surface area contributed by atoms with Gasteiger partial charge in [0.15, 0.2) is 0 Å². The summed E-state index contributed by atoms with van der Waals surface area (Å²) in [5.41, 5.74) is 6.31. The van der Waals surface area contributed by atoms with Gasteiger partial charge in [0.2, 0.25) is 0 Å². The predicted octanol–water partition coefficient (Wildman–Crippen LogP) is 2.71. The Bertz CT molecular complexity index is 294. The molecule has 0 aromatic heterocycles. The Labute approximate surface area is 111 Å². The molecule has 0 saturated heterocycles. The van der Waals surface area contributed by atoms with Crippen molar-refractivity contribution in [1.82, 2.24) is 5.32 Å². The van der Waals surface area contributed by atoms with Crippen molar-refractivity contribution in [3.63, 3.8) is 0 Å². The van der Waals surface area contributed by atoms with Gasteiger partial charge in [-0.1, -0.05) is 32.9 Å². The van der Waals surface area contributed by atoms with Gasteiger partial charge < -0.3 is 16.3 Å². The van der Waals surface area contributed by atoms with Crippen LogP contribution in [0.2, 0.25) is 0 Å². The Kier molecular flexibility index (Phi) is 4.65. The first-order valence-corrected chi connectivity index (χ1v) is 6.86. The van der Waals surface area contributed by atoms with E-state index in [1.165, 1.54) is 19.3 Å². The van der Waals surface area contributed by atoms with Gasteiger partial charge in [0.25, 0.3) is 0 Å². The van der Waals surface area contributed by atoms with Gasteiger partial charge in [-0.05, 0) is 37.0 Å². The molecule has 0 amide bonds. The zero-order chi connectivity index (χ0) is 14.0. The van der Waals surface area contributed by atoms with Crippen LogP contribution in [-0.4, -0.2) is 23.1 Å². The fourth-order valence-electron chi connectivity index (χ4n) is 3.78. The second-order valence-electron chi connectivity index (χ2n) is 7.47. The summed E-state index contributed by atoms with van der Waals surface area (Å²) in [7, 11) is 0. The van der Waals surface area contributed by atoms with E-state index >= 15 is 0 Å². The minimum atomic E-state index is 0.246. The van der Waals surface area contributed by atoms with Crippen LogP contribution in [0.25, 0.3) is 0 Å². The van der Waals surface area contributed by atoms with Crippen LogP contribution < -0.4 is 11.1 Å². The van der Waals surface area contributed by atoms with Crippen LogP contribution >= 0.6 is 0 Å². The smallest absolute Gasteiger partial charge is 0.140 e. The minimum absolute atomic E-state index is 0.246. The number of oxime groups is 1. The lowest BCUT2D eigenvalue weighted by Gasteiger charge is -2.46. The summed E-state index contributed by atoms with van der Waals surface area (Å²) in [6.45, 7) is 11.5. The summed E-state index contributed by atoms with van der Waals surface area (Å²) in [4.78, 5) is 0. The maximum atomic E-state index is 8.59. The summed E-state index contributed by atoms with van der Waals surface area (Å²) >= 11 is 0. The summed E-state index contributed by atoms with van der Waals surface area (Å²) in [5, 5.41) is 15.2. The minimum Gasteiger partial charge on any atom is -0.409 e. The molecule has 1 aliphatic rings. The van der Waals surface area contributed by atoms with Gasteiger partial charge in [-0.2, -0.15) is 0 Å². The highest BCUT2D eigenvalue weighted by Crippen LogP contribution is 2.45. The Balaban J connectivity index is 2.56. The molecule has 0 aliphatic heterocycles. The molecule has 1 rings (SSSR count). The van der Waals surface area contributed by atoms with E-state index in [0.29, 0.717) is 29.1 Å². The van der Waals surface area contributed by atoms with Crippen molar-refractivity contribution in [3.05, 3.63) is 0 Å². The van der Waals surface area contributed by atoms with Crippen molar-refractivity contribution in [2.45, 2.75) is 72.4 Å². The number of nitrogens with one attached hydrogen (secondary N) is 1. The highest BCUT2D eigenvalue weighted by atomic mass is 16.4. The van der Waals surface area contributed by atoms with Crippen molar-refractivity contribution in [2.75, 3.05) is 0 Å². The van der Waals surface area contributed by atoms with E-state index in [2.05, 4.69) is 45.1 Å². The predicted molar refractivity (Wildman–Crippen MR) is 75.8 cm³/mol. The third-order valence-corrected chi connectivity index (χ3v) is 3.72. The van der Waals surface area contributed by atoms with E-state index in [-0.39, 0.29) is 6.04 Å². The first-order chi connectivity index (χ1) is 8.13. The number of nitrogens with two attached hydrogens (primary N) is 1. The van der Waals surface area contributed by atoms with Crippen molar-refractivity contribution in [2.24, 2.45) is 21.7 Å². The van der Waals surface area contributed by atoms with E-state index in [9.17, 15) is 0 Å². The maximum Gasteiger partial charge on any atom is 0.140 e. The third kappa shape index (κ3) is 4.84. The van der Waals surface area contributed by atoms with Crippen molar-refractivity contribution in [3.8, 4) is 0 Å². The largest absolute Gasteiger partial charge is 0.409 e. The molecule has 1 unspecified atom stereocenters. The summed E-state index contributed by atoms with van der Waals surface area (Å²) in [5.74, 6) is 0.296. The molecule has 0 aromatic rings. The van der Waals surface area contributed by atoms with Crippen molar-refractivity contribution in [1.29, 1.82) is 0 Å². The summed E-state index contributed by atoms with van der Waals surface area (Å²) in [6.07, 6.45) is 4.24. The van der Waals surface area contributed by atoms with Gasteiger partial charge in [-0.25, -0.2) is 0 Å². The average Bonchev–Trinajstić information content (AvgIpc) is 2.11. The molecule has 0 bridgehead atoms. The Morgan fingerprint density at radius 1 is 1.33 bits per heavy atom. The second kappa shape index (κ2) is 5.47. The monoisotopic (exact) mass is 255 g/mol. The van der Waals surface area contributed by atoms with Crippen LogP contribution in [0.15, 0.2) is 5.16 Å². The SMILES string of the molecule is CC(CC(N)=NO)NC1CC(C)(C)CC(C)(C)C1.